The second-order valence-corrected chi connectivity index (χ2v) is 9.62. The Labute approximate surface area is 181 Å². The molecule has 0 fully saturated rings. The summed E-state index contributed by atoms with van der Waals surface area (Å²) in [4.78, 5) is 27.1. The fraction of sp³-hybridized carbons (Fsp3) is 0.214. The van der Waals surface area contributed by atoms with Gasteiger partial charge in [0.25, 0.3) is 0 Å². The van der Waals surface area contributed by atoms with Crippen LogP contribution < -0.4 is 5.32 Å². The number of Topliss-reactive ketones (excluding diaryl/α,β-unsaturated/α-hetero) is 2. The largest absolute Gasteiger partial charge is 0.358 e. The highest BCUT2D eigenvalue weighted by atomic mass is 16.1. The molecule has 3 aromatic carbocycles. The molecule has 31 heavy (non-hydrogen) atoms. The lowest BCUT2D eigenvalue weighted by atomic mass is 9.68. The molecule has 6 rings (SSSR count). The summed E-state index contributed by atoms with van der Waals surface area (Å²) in [6, 6.07) is 22.2. The summed E-state index contributed by atoms with van der Waals surface area (Å²) in [7, 11) is 0. The number of dihydropyridines is 1. The first-order chi connectivity index (χ1) is 14.9. The highest BCUT2D eigenvalue weighted by Gasteiger charge is 2.46. The van der Waals surface area contributed by atoms with Crippen LogP contribution in [0.3, 0.4) is 0 Å². The highest BCUT2D eigenvalue weighted by molar-refractivity contribution is 6.23. The summed E-state index contributed by atoms with van der Waals surface area (Å²) in [5.41, 5.74) is 5.93. The summed E-state index contributed by atoms with van der Waals surface area (Å²) >= 11 is 0. The number of rotatable bonds is 1. The van der Waals surface area contributed by atoms with Gasteiger partial charge in [0, 0.05) is 40.3 Å². The number of nitrogens with one attached hydrogen (secondary N) is 1. The molecular weight excluding hydrogens is 382 g/mol. The molecule has 1 aliphatic heterocycles. The molecule has 1 N–H and O–H groups in total. The Morgan fingerprint density at radius 2 is 1.52 bits per heavy atom. The third kappa shape index (κ3) is 2.59. The van der Waals surface area contributed by atoms with Crippen LogP contribution in [0.15, 0.2) is 83.6 Å². The third-order valence-corrected chi connectivity index (χ3v) is 6.86. The lowest BCUT2D eigenvalue weighted by Crippen LogP contribution is -2.37. The predicted molar refractivity (Wildman–Crippen MR) is 123 cm³/mol. The van der Waals surface area contributed by atoms with Crippen LogP contribution >= 0.6 is 0 Å². The maximum Gasteiger partial charge on any atom is 0.192 e. The Hall–Kier alpha value is -3.46. The van der Waals surface area contributed by atoms with E-state index < -0.39 is 0 Å². The minimum atomic E-state index is -0.346. The second-order valence-electron chi connectivity index (χ2n) is 9.62. The molecule has 0 amide bonds. The molecule has 0 saturated heterocycles. The van der Waals surface area contributed by atoms with Gasteiger partial charge in [-0.1, -0.05) is 80.6 Å². The van der Waals surface area contributed by atoms with Crippen molar-refractivity contribution >= 4 is 28.0 Å². The minimum absolute atomic E-state index is 0.0280. The maximum atomic E-state index is 13.6. The molecule has 0 aromatic heterocycles. The standard InChI is InChI=1S/C28H23NO2/c1-28(2)14-21-24(22(30)15-28)23(18-13-7-9-16-8-3-4-10-17(16)18)25-26(29-21)19-11-5-6-12-20(19)27(25)31/h3-13,23,29H,14-15H2,1-2H3/t23-/m0/s1. The van der Waals surface area contributed by atoms with Crippen LogP contribution in [0.2, 0.25) is 0 Å². The van der Waals surface area contributed by atoms with E-state index in [1.165, 1.54) is 0 Å². The summed E-state index contributed by atoms with van der Waals surface area (Å²) in [6.45, 7) is 4.28. The highest BCUT2D eigenvalue weighted by Crippen LogP contribution is 2.52. The number of hydrogen-bond donors (Lipinski definition) is 1. The van der Waals surface area contributed by atoms with Crippen molar-refractivity contribution in [1.82, 2.24) is 5.32 Å². The van der Waals surface area contributed by atoms with Gasteiger partial charge in [-0.3, -0.25) is 9.59 Å². The Bertz CT molecular complexity index is 1370. The Balaban J connectivity index is 1.66. The molecule has 3 heteroatoms. The topological polar surface area (TPSA) is 46.2 Å². The van der Waals surface area contributed by atoms with Gasteiger partial charge in [0.2, 0.25) is 0 Å². The zero-order valence-corrected chi connectivity index (χ0v) is 17.7. The molecule has 3 aromatic rings. The SMILES string of the molecule is CC1(C)CC(=O)C2=C(C1)NC1=C(C(=O)c3ccccc31)[C@H]2c1cccc2ccccc12. The maximum absolute atomic E-state index is 13.6. The van der Waals surface area contributed by atoms with Crippen molar-refractivity contribution in [3.63, 3.8) is 0 Å². The van der Waals surface area contributed by atoms with Crippen molar-refractivity contribution < 1.29 is 9.59 Å². The van der Waals surface area contributed by atoms with E-state index >= 15 is 0 Å². The van der Waals surface area contributed by atoms with Crippen molar-refractivity contribution in [3.8, 4) is 0 Å². The first kappa shape index (κ1) is 18.3. The van der Waals surface area contributed by atoms with Gasteiger partial charge < -0.3 is 5.32 Å². The molecule has 3 aliphatic rings. The summed E-state index contributed by atoms with van der Waals surface area (Å²) in [5.74, 6) is -0.173. The monoisotopic (exact) mass is 405 g/mol. The molecule has 0 spiro atoms. The van der Waals surface area contributed by atoms with Crippen molar-refractivity contribution in [2.45, 2.75) is 32.6 Å². The van der Waals surface area contributed by atoms with Gasteiger partial charge >= 0.3 is 0 Å². The lowest BCUT2D eigenvalue weighted by Gasteiger charge is -2.39. The number of allylic oxidation sites excluding steroid dienone is 3. The zero-order chi connectivity index (χ0) is 21.3. The Kier molecular flexibility index (Phi) is 3.71. The smallest absolute Gasteiger partial charge is 0.192 e. The van der Waals surface area contributed by atoms with Crippen LogP contribution in [-0.2, 0) is 4.79 Å². The van der Waals surface area contributed by atoms with Gasteiger partial charge in [-0.15, -0.1) is 0 Å². The predicted octanol–water partition coefficient (Wildman–Crippen LogP) is 5.78. The van der Waals surface area contributed by atoms with Crippen LogP contribution in [0.25, 0.3) is 16.5 Å². The molecule has 0 saturated carbocycles. The lowest BCUT2D eigenvalue weighted by molar-refractivity contribution is -0.118. The van der Waals surface area contributed by atoms with Crippen molar-refractivity contribution in [3.05, 3.63) is 100 Å². The van der Waals surface area contributed by atoms with Gasteiger partial charge in [-0.2, -0.15) is 0 Å². The fourth-order valence-corrected chi connectivity index (χ4v) is 5.60. The third-order valence-electron chi connectivity index (χ3n) is 6.86. The van der Waals surface area contributed by atoms with Gasteiger partial charge in [-0.05, 0) is 28.2 Å². The van der Waals surface area contributed by atoms with Gasteiger partial charge in [0.05, 0.1) is 5.70 Å². The molecule has 3 nitrogen and oxygen atoms in total. The molecule has 1 atom stereocenters. The van der Waals surface area contributed by atoms with Crippen LogP contribution in [-0.4, -0.2) is 11.6 Å². The molecule has 152 valence electrons. The summed E-state index contributed by atoms with van der Waals surface area (Å²) in [5, 5.41) is 5.77. The molecule has 1 heterocycles. The molecule has 2 aliphatic carbocycles. The van der Waals surface area contributed by atoms with Crippen LogP contribution in [0, 0.1) is 5.41 Å². The number of ketones is 2. The average Bonchev–Trinajstić information content (AvgIpc) is 3.03. The number of hydrogen-bond acceptors (Lipinski definition) is 3. The van der Waals surface area contributed by atoms with E-state index in [1.807, 2.05) is 42.5 Å². The van der Waals surface area contributed by atoms with E-state index in [0.717, 1.165) is 50.9 Å². The first-order valence-corrected chi connectivity index (χ1v) is 10.8. The Morgan fingerprint density at radius 1 is 0.806 bits per heavy atom. The van der Waals surface area contributed by atoms with Gasteiger partial charge in [-0.25, -0.2) is 0 Å². The minimum Gasteiger partial charge on any atom is -0.358 e. The summed E-state index contributed by atoms with van der Waals surface area (Å²) in [6.07, 6.45) is 1.29. The van der Waals surface area contributed by atoms with E-state index in [1.54, 1.807) is 0 Å². The van der Waals surface area contributed by atoms with Crippen LogP contribution in [0.4, 0.5) is 0 Å². The van der Waals surface area contributed by atoms with Gasteiger partial charge in [0.1, 0.15) is 0 Å². The second kappa shape index (κ2) is 6.27. The van der Waals surface area contributed by atoms with Crippen LogP contribution in [0.5, 0.6) is 0 Å². The quantitative estimate of drug-likeness (QED) is 0.558. The molecule has 0 unspecified atom stereocenters. The van der Waals surface area contributed by atoms with Crippen molar-refractivity contribution in [2.75, 3.05) is 0 Å². The average molecular weight is 405 g/mol. The Morgan fingerprint density at radius 3 is 2.35 bits per heavy atom. The van der Waals surface area contributed by atoms with E-state index in [0.29, 0.717) is 12.0 Å². The number of benzene rings is 3. The van der Waals surface area contributed by atoms with Crippen LogP contribution in [0.1, 0.15) is 54.1 Å². The first-order valence-electron chi connectivity index (χ1n) is 10.8. The fourth-order valence-electron chi connectivity index (χ4n) is 5.60. The number of carbonyl (C=O) groups is 2. The molecular formula is C28H23NO2. The zero-order valence-electron chi connectivity index (χ0n) is 17.7. The van der Waals surface area contributed by atoms with E-state index in [-0.39, 0.29) is 22.9 Å². The summed E-state index contributed by atoms with van der Waals surface area (Å²) < 4.78 is 0. The normalized spacial score (nSPS) is 21.7. The van der Waals surface area contributed by atoms with E-state index in [9.17, 15) is 9.59 Å². The van der Waals surface area contributed by atoms with Crippen molar-refractivity contribution in [1.29, 1.82) is 0 Å². The number of fused-ring (bicyclic) bond motifs is 3. The van der Waals surface area contributed by atoms with E-state index in [2.05, 4.69) is 43.4 Å². The van der Waals surface area contributed by atoms with Gasteiger partial charge in [0.15, 0.2) is 11.6 Å². The molecule has 0 bridgehead atoms. The van der Waals surface area contributed by atoms with E-state index in [4.69, 9.17) is 0 Å². The number of carbonyl (C=O) groups excluding carboxylic acids is 2. The van der Waals surface area contributed by atoms with Crippen molar-refractivity contribution in [2.24, 2.45) is 5.41 Å². The molecule has 0 radical (unpaired) electrons.